The average molecular weight is 412 g/mol. The summed E-state index contributed by atoms with van der Waals surface area (Å²) in [5.74, 6) is -0.842. The van der Waals surface area contributed by atoms with Gasteiger partial charge in [-0.05, 0) is 37.1 Å². The Labute approximate surface area is 172 Å². The number of rotatable bonds is 6. The summed E-state index contributed by atoms with van der Waals surface area (Å²) in [5, 5.41) is 5.12. The number of benzene rings is 2. The molecule has 0 bridgehead atoms. The summed E-state index contributed by atoms with van der Waals surface area (Å²) >= 11 is 0. The zero-order chi connectivity index (χ0) is 20.9. The van der Waals surface area contributed by atoms with Crippen molar-refractivity contribution in [3.63, 3.8) is 0 Å². The smallest absolute Gasteiger partial charge is 0.319 e. The topological polar surface area (TPSA) is 70.4 Å². The first kappa shape index (κ1) is 19.9. The van der Waals surface area contributed by atoms with Gasteiger partial charge >= 0.3 is 6.03 Å². The molecule has 0 spiro atoms. The molecule has 1 aliphatic heterocycles. The summed E-state index contributed by atoms with van der Waals surface area (Å²) in [6, 6.07) is 11.2. The third-order valence-electron chi connectivity index (χ3n) is 4.94. The monoisotopic (exact) mass is 412 g/mol. The number of anilines is 2. The third-order valence-corrected chi connectivity index (χ3v) is 4.94. The molecule has 1 fully saturated rings. The zero-order valence-corrected chi connectivity index (χ0v) is 16.3. The van der Waals surface area contributed by atoms with Gasteiger partial charge in [-0.1, -0.05) is 18.2 Å². The molecule has 6 nitrogen and oxygen atoms in total. The molecule has 2 amide bonds. The molecule has 8 heteroatoms. The lowest BCUT2D eigenvalue weighted by Crippen LogP contribution is -2.30. The van der Waals surface area contributed by atoms with Crippen LogP contribution >= 0.6 is 0 Å². The van der Waals surface area contributed by atoms with Crippen LogP contribution in [0.15, 0.2) is 53.1 Å². The van der Waals surface area contributed by atoms with Crippen LogP contribution in [0, 0.1) is 11.6 Å². The molecule has 2 aromatic carbocycles. The normalized spacial score (nSPS) is 13.5. The van der Waals surface area contributed by atoms with Crippen molar-refractivity contribution in [2.24, 2.45) is 0 Å². The van der Waals surface area contributed by atoms with Crippen molar-refractivity contribution in [2.75, 3.05) is 29.9 Å². The van der Waals surface area contributed by atoms with Gasteiger partial charge in [-0.2, -0.15) is 0 Å². The fraction of sp³-hybridized carbons (Fsp3) is 0.273. The Hall–Kier alpha value is -3.42. The van der Waals surface area contributed by atoms with Gasteiger partial charge in [0.25, 0.3) is 0 Å². The summed E-state index contributed by atoms with van der Waals surface area (Å²) in [5.41, 5.74) is 1.61. The minimum Gasteiger partial charge on any atom is -0.444 e. The van der Waals surface area contributed by atoms with E-state index in [-0.39, 0.29) is 11.4 Å². The van der Waals surface area contributed by atoms with Crippen molar-refractivity contribution in [2.45, 2.75) is 19.3 Å². The van der Waals surface area contributed by atoms with Crippen LogP contribution in [-0.4, -0.2) is 30.6 Å². The van der Waals surface area contributed by atoms with E-state index in [1.54, 1.807) is 11.2 Å². The molecule has 1 saturated heterocycles. The molecule has 2 N–H and O–H groups in total. The quantitative estimate of drug-likeness (QED) is 0.622. The van der Waals surface area contributed by atoms with E-state index in [4.69, 9.17) is 4.42 Å². The largest absolute Gasteiger partial charge is 0.444 e. The predicted octanol–water partition coefficient (Wildman–Crippen LogP) is 4.58. The second kappa shape index (κ2) is 8.94. The van der Waals surface area contributed by atoms with Crippen molar-refractivity contribution in [1.29, 1.82) is 0 Å². The molecule has 2 heterocycles. The molecule has 0 radical (unpaired) electrons. The van der Waals surface area contributed by atoms with Gasteiger partial charge in [0.2, 0.25) is 5.89 Å². The number of nitrogens with zero attached hydrogens (tertiary/aromatic N) is 2. The number of oxazole rings is 1. The SMILES string of the molecule is O=C(NCCc1coc(-c2ccccc2)n1)Nc1cc(F)c(N2CCCC2)c(F)c1. The molecule has 0 aliphatic carbocycles. The molecule has 4 rings (SSSR count). The minimum atomic E-state index is -0.678. The lowest BCUT2D eigenvalue weighted by Gasteiger charge is -2.19. The summed E-state index contributed by atoms with van der Waals surface area (Å²) < 4.78 is 34.2. The van der Waals surface area contributed by atoms with Gasteiger partial charge in [0, 0.05) is 37.3 Å². The highest BCUT2D eigenvalue weighted by atomic mass is 19.1. The van der Waals surface area contributed by atoms with Crippen LogP contribution in [-0.2, 0) is 6.42 Å². The Morgan fingerprint density at radius 3 is 2.50 bits per heavy atom. The van der Waals surface area contributed by atoms with Crippen LogP contribution in [0.3, 0.4) is 0 Å². The summed E-state index contributed by atoms with van der Waals surface area (Å²) in [7, 11) is 0. The fourth-order valence-corrected chi connectivity index (χ4v) is 3.50. The van der Waals surface area contributed by atoms with E-state index in [1.807, 2.05) is 30.3 Å². The van der Waals surface area contributed by atoms with E-state index in [0.717, 1.165) is 30.5 Å². The highest BCUT2D eigenvalue weighted by Crippen LogP contribution is 2.29. The molecular formula is C22H22F2N4O2. The number of urea groups is 1. The number of hydrogen-bond donors (Lipinski definition) is 2. The number of carbonyl (C=O) groups is 1. The second-order valence-electron chi connectivity index (χ2n) is 7.12. The minimum absolute atomic E-state index is 0.0290. The summed E-state index contributed by atoms with van der Waals surface area (Å²) in [6.07, 6.45) is 3.84. The first-order chi connectivity index (χ1) is 14.6. The molecule has 0 saturated carbocycles. The van der Waals surface area contributed by atoms with E-state index >= 15 is 0 Å². The van der Waals surface area contributed by atoms with Crippen LogP contribution in [0.5, 0.6) is 0 Å². The molecule has 156 valence electrons. The first-order valence-corrected chi connectivity index (χ1v) is 9.89. The molecule has 1 aliphatic rings. The molecule has 0 atom stereocenters. The number of hydrogen-bond acceptors (Lipinski definition) is 4. The highest BCUT2D eigenvalue weighted by molar-refractivity contribution is 5.89. The zero-order valence-electron chi connectivity index (χ0n) is 16.3. The van der Waals surface area contributed by atoms with Gasteiger partial charge < -0.3 is 20.0 Å². The van der Waals surface area contributed by atoms with Gasteiger partial charge in [0.15, 0.2) is 11.6 Å². The van der Waals surface area contributed by atoms with Crippen LogP contribution in [0.2, 0.25) is 0 Å². The van der Waals surface area contributed by atoms with Crippen LogP contribution in [0.4, 0.5) is 25.0 Å². The lowest BCUT2D eigenvalue weighted by atomic mass is 10.2. The molecule has 0 unspecified atom stereocenters. The van der Waals surface area contributed by atoms with E-state index in [1.165, 1.54) is 0 Å². The maximum atomic E-state index is 14.4. The lowest BCUT2D eigenvalue weighted by molar-refractivity contribution is 0.252. The Morgan fingerprint density at radius 1 is 1.10 bits per heavy atom. The summed E-state index contributed by atoms with van der Waals surface area (Å²) in [4.78, 5) is 18.2. The van der Waals surface area contributed by atoms with Crippen LogP contribution in [0.25, 0.3) is 11.5 Å². The van der Waals surface area contributed by atoms with Gasteiger partial charge in [0.05, 0.1) is 5.69 Å². The molecule has 1 aromatic heterocycles. The fourth-order valence-electron chi connectivity index (χ4n) is 3.50. The van der Waals surface area contributed by atoms with E-state index in [9.17, 15) is 13.6 Å². The first-order valence-electron chi connectivity index (χ1n) is 9.89. The molecule has 3 aromatic rings. The number of amides is 2. The van der Waals surface area contributed by atoms with Crippen molar-refractivity contribution in [3.05, 3.63) is 66.1 Å². The predicted molar refractivity (Wildman–Crippen MR) is 110 cm³/mol. The van der Waals surface area contributed by atoms with Gasteiger partial charge in [-0.15, -0.1) is 0 Å². The Bertz CT molecular complexity index is 994. The average Bonchev–Trinajstić information content (AvgIpc) is 3.41. The van der Waals surface area contributed by atoms with E-state index in [0.29, 0.717) is 37.6 Å². The van der Waals surface area contributed by atoms with Gasteiger partial charge in [-0.3, -0.25) is 0 Å². The van der Waals surface area contributed by atoms with Crippen molar-refractivity contribution >= 4 is 17.4 Å². The Morgan fingerprint density at radius 2 is 1.80 bits per heavy atom. The maximum absolute atomic E-state index is 14.4. The number of aromatic nitrogens is 1. The van der Waals surface area contributed by atoms with E-state index in [2.05, 4.69) is 15.6 Å². The van der Waals surface area contributed by atoms with Gasteiger partial charge in [0.1, 0.15) is 12.0 Å². The highest BCUT2D eigenvalue weighted by Gasteiger charge is 2.21. The van der Waals surface area contributed by atoms with Crippen LogP contribution < -0.4 is 15.5 Å². The molecular weight excluding hydrogens is 390 g/mol. The second-order valence-corrected chi connectivity index (χ2v) is 7.12. The van der Waals surface area contributed by atoms with Crippen molar-refractivity contribution < 1.29 is 18.0 Å². The van der Waals surface area contributed by atoms with E-state index < -0.39 is 17.7 Å². The third kappa shape index (κ3) is 4.59. The Balaban J connectivity index is 1.29. The Kier molecular flexibility index (Phi) is 5.92. The number of halogens is 2. The maximum Gasteiger partial charge on any atom is 0.319 e. The van der Waals surface area contributed by atoms with Crippen molar-refractivity contribution in [1.82, 2.24) is 10.3 Å². The van der Waals surface area contributed by atoms with Crippen molar-refractivity contribution in [3.8, 4) is 11.5 Å². The van der Waals surface area contributed by atoms with Crippen LogP contribution in [0.1, 0.15) is 18.5 Å². The number of nitrogens with one attached hydrogen (secondary N) is 2. The standard InChI is InChI=1S/C22H22F2N4O2/c23-18-12-17(13-19(24)20(18)28-10-4-5-11-28)27-22(29)25-9-8-16-14-30-21(26-16)15-6-2-1-3-7-15/h1-3,6-7,12-14H,4-5,8-11H2,(H2,25,27,29). The summed E-state index contributed by atoms with van der Waals surface area (Å²) in [6.45, 7) is 1.56. The molecule has 30 heavy (non-hydrogen) atoms. The van der Waals surface area contributed by atoms with Gasteiger partial charge in [-0.25, -0.2) is 18.6 Å². The number of carbonyl (C=O) groups excluding carboxylic acids is 1.